The molecule has 1 saturated heterocycles. The van der Waals surface area contributed by atoms with E-state index in [1.165, 1.54) is 5.56 Å². The Morgan fingerprint density at radius 3 is 2.12 bits per heavy atom. The lowest BCUT2D eigenvalue weighted by molar-refractivity contribution is -0.132. The highest BCUT2D eigenvalue weighted by molar-refractivity contribution is 14.1. The molecule has 1 heterocycles. The second kappa shape index (κ2) is 8.47. The first kappa shape index (κ1) is 17.9. The van der Waals surface area contributed by atoms with Gasteiger partial charge >= 0.3 is 0 Å². The van der Waals surface area contributed by atoms with Gasteiger partial charge in [0.2, 0.25) is 5.91 Å². The van der Waals surface area contributed by atoms with Crippen LogP contribution in [0, 0.1) is 3.57 Å². The Bertz CT molecular complexity index is 740. The quantitative estimate of drug-likeness (QED) is 0.675. The fourth-order valence-corrected chi connectivity index (χ4v) is 3.64. The second-order valence-electron chi connectivity index (χ2n) is 6.14. The molecule has 25 heavy (non-hydrogen) atoms. The van der Waals surface area contributed by atoms with Gasteiger partial charge in [-0.2, -0.15) is 0 Å². The summed E-state index contributed by atoms with van der Waals surface area (Å²) in [5, 5.41) is 0. The van der Waals surface area contributed by atoms with Crippen molar-refractivity contribution in [2.45, 2.75) is 12.8 Å². The van der Waals surface area contributed by atoms with Crippen LogP contribution in [0.5, 0.6) is 0 Å². The molecule has 3 rings (SSSR count). The van der Waals surface area contributed by atoms with Crippen LogP contribution in [-0.4, -0.2) is 47.8 Å². The Labute approximate surface area is 162 Å². The fourth-order valence-electron chi connectivity index (χ4n) is 3.02. The van der Waals surface area contributed by atoms with Crippen LogP contribution in [0.1, 0.15) is 22.3 Å². The minimum Gasteiger partial charge on any atom is -0.339 e. The summed E-state index contributed by atoms with van der Waals surface area (Å²) in [5.41, 5.74) is 1.93. The average molecular weight is 448 g/mol. The molecular weight excluding hydrogens is 427 g/mol. The number of rotatable bonds is 4. The Kier molecular flexibility index (Phi) is 6.07. The topological polar surface area (TPSA) is 40.6 Å². The molecular formula is C20H21IN2O2. The zero-order chi connectivity index (χ0) is 17.6. The van der Waals surface area contributed by atoms with Crippen LogP contribution in [0.15, 0.2) is 54.6 Å². The van der Waals surface area contributed by atoms with Crippen LogP contribution in [-0.2, 0) is 11.2 Å². The number of amides is 2. The zero-order valence-corrected chi connectivity index (χ0v) is 16.2. The number of piperazine rings is 1. The SMILES string of the molecule is O=C(CCc1ccccc1)N1CCN(C(=O)c2ccccc2I)CC1. The van der Waals surface area contributed by atoms with E-state index in [2.05, 4.69) is 22.6 Å². The van der Waals surface area contributed by atoms with Crippen molar-refractivity contribution in [3.8, 4) is 0 Å². The summed E-state index contributed by atoms with van der Waals surface area (Å²) in [6, 6.07) is 17.7. The van der Waals surface area contributed by atoms with Gasteiger partial charge in [0.15, 0.2) is 0 Å². The molecule has 2 aromatic rings. The predicted molar refractivity (Wildman–Crippen MR) is 106 cm³/mol. The van der Waals surface area contributed by atoms with Gasteiger partial charge < -0.3 is 9.80 Å². The van der Waals surface area contributed by atoms with E-state index in [9.17, 15) is 9.59 Å². The third-order valence-corrected chi connectivity index (χ3v) is 5.43. The first-order valence-corrected chi connectivity index (χ1v) is 9.58. The predicted octanol–water partition coefficient (Wildman–Crippen LogP) is 3.21. The minimum atomic E-state index is 0.0568. The minimum absolute atomic E-state index is 0.0568. The van der Waals surface area contributed by atoms with Crippen molar-refractivity contribution < 1.29 is 9.59 Å². The maximum atomic E-state index is 12.6. The maximum absolute atomic E-state index is 12.6. The molecule has 0 radical (unpaired) electrons. The molecule has 0 N–H and O–H groups in total. The molecule has 0 spiro atoms. The van der Waals surface area contributed by atoms with E-state index in [1.54, 1.807) is 0 Å². The highest BCUT2D eigenvalue weighted by atomic mass is 127. The van der Waals surface area contributed by atoms with E-state index in [0.717, 1.165) is 15.6 Å². The van der Waals surface area contributed by atoms with E-state index < -0.39 is 0 Å². The fraction of sp³-hybridized carbons (Fsp3) is 0.300. The summed E-state index contributed by atoms with van der Waals surface area (Å²) in [7, 11) is 0. The van der Waals surface area contributed by atoms with E-state index in [4.69, 9.17) is 0 Å². The van der Waals surface area contributed by atoms with Crippen molar-refractivity contribution in [3.63, 3.8) is 0 Å². The van der Waals surface area contributed by atoms with Gasteiger partial charge in [0, 0.05) is 36.2 Å². The van der Waals surface area contributed by atoms with Gasteiger partial charge in [-0.1, -0.05) is 42.5 Å². The molecule has 4 nitrogen and oxygen atoms in total. The third kappa shape index (κ3) is 4.60. The highest BCUT2D eigenvalue weighted by Crippen LogP contribution is 2.16. The zero-order valence-electron chi connectivity index (χ0n) is 14.0. The number of hydrogen-bond donors (Lipinski definition) is 0. The van der Waals surface area contributed by atoms with E-state index in [0.29, 0.717) is 32.6 Å². The van der Waals surface area contributed by atoms with Crippen LogP contribution in [0.4, 0.5) is 0 Å². The molecule has 2 aromatic carbocycles. The summed E-state index contributed by atoms with van der Waals surface area (Å²) in [5.74, 6) is 0.228. The smallest absolute Gasteiger partial charge is 0.255 e. The molecule has 0 aromatic heterocycles. The Hall–Kier alpha value is -1.89. The number of carbonyl (C=O) groups excluding carboxylic acids is 2. The Balaban J connectivity index is 1.50. The van der Waals surface area contributed by atoms with Crippen LogP contribution < -0.4 is 0 Å². The van der Waals surface area contributed by atoms with Crippen molar-refractivity contribution in [2.24, 2.45) is 0 Å². The largest absolute Gasteiger partial charge is 0.339 e. The summed E-state index contributed by atoms with van der Waals surface area (Å²) >= 11 is 2.19. The normalized spacial score (nSPS) is 14.4. The molecule has 2 amide bonds. The number of halogens is 1. The number of benzene rings is 2. The van der Waals surface area contributed by atoms with Gasteiger partial charge in [0.05, 0.1) is 5.56 Å². The lowest BCUT2D eigenvalue weighted by atomic mass is 10.1. The number of hydrogen-bond acceptors (Lipinski definition) is 2. The number of carbonyl (C=O) groups is 2. The van der Waals surface area contributed by atoms with Gasteiger partial charge in [-0.3, -0.25) is 9.59 Å². The van der Waals surface area contributed by atoms with Gasteiger partial charge in [-0.05, 0) is 46.7 Å². The van der Waals surface area contributed by atoms with Crippen LogP contribution in [0.2, 0.25) is 0 Å². The summed E-state index contributed by atoms with van der Waals surface area (Å²) in [6.07, 6.45) is 1.29. The molecule has 0 bridgehead atoms. The monoisotopic (exact) mass is 448 g/mol. The number of aryl methyl sites for hydroxylation is 1. The van der Waals surface area contributed by atoms with E-state index >= 15 is 0 Å². The first-order valence-electron chi connectivity index (χ1n) is 8.50. The van der Waals surface area contributed by atoms with Gasteiger partial charge in [-0.25, -0.2) is 0 Å². The van der Waals surface area contributed by atoms with Crippen molar-refractivity contribution in [1.82, 2.24) is 9.80 Å². The molecule has 1 aliphatic rings. The molecule has 0 atom stereocenters. The standard InChI is InChI=1S/C20H21IN2O2/c21-18-9-5-4-8-17(18)20(25)23-14-12-22(13-15-23)19(24)11-10-16-6-2-1-3-7-16/h1-9H,10-15H2. The van der Waals surface area contributed by atoms with Crippen molar-refractivity contribution in [2.75, 3.05) is 26.2 Å². The molecule has 130 valence electrons. The van der Waals surface area contributed by atoms with Crippen molar-refractivity contribution in [1.29, 1.82) is 0 Å². The number of nitrogens with zero attached hydrogens (tertiary/aromatic N) is 2. The molecule has 1 fully saturated rings. The summed E-state index contributed by atoms with van der Waals surface area (Å²) < 4.78 is 0.964. The highest BCUT2D eigenvalue weighted by Gasteiger charge is 2.25. The third-order valence-electron chi connectivity index (χ3n) is 4.49. The molecule has 0 aliphatic carbocycles. The summed E-state index contributed by atoms with van der Waals surface area (Å²) in [4.78, 5) is 28.7. The van der Waals surface area contributed by atoms with Crippen LogP contribution in [0.25, 0.3) is 0 Å². The van der Waals surface area contributed by atoms with Gasteiger partial charge in [-0.15, -0.1) is 0 Å². The molecule has 0 unspecified atom stereocenters. The van der Waals surface area contributed by atoms with E-state index in [-0.39, 0.29) is 11.8 Å². The second-order valence-corrected chi connectivity index (χ2v) is 7.30. The lowest BCUT2D eigenvalue weighted by Crippen LogP contribution is -2.50. The molecule has 1 aliphatic heterocycles. The maximum Gasteiger partial charge on any atom is 0.255 e. The summed E-state index contributed by atoms with van der Waals surface area (Å²) in [6.45, 7) is 2.42. The first-order chi connectivity index (χ1) is 12.1. The van der Waals surface area contributed by atoms with E-state index in [1.807, 2.05) is 64.4 Å². The van der Waals surface area contributed by atoms with Crippen molar-refractivity contribution >= 4 is 34.4 Å². The average Bonchev–Trinajstić information content (AvgIpc) is 2.67. The lowest BCUT2D eigenvalue weighted by Gasteiger charge is -2.35. The van der Waals surface area contributed by atoms with Crippen LogP contribution in [0.3, 0.4) is 0 Å². The Morgan fingerprint density at radius 2 is 1.44 bits per heavy atom. The van der Waals surface area contributed by atoms with Crippen molar-refractivity contribution in [3.05, 3.63) is 69.3 Å². The van der Waals surface area contributed by atoms with Gasteiger partial charge in [0.1, 0.15) is 0 Å². The van der Waals surface area contributed by atoms with Crippen LogP contribution >= 0.6 is 22.6 Å². The Morgan fingerprint density at radius 1 is 0.840 bits per heavy atom. The molecule has 0 saturated carbocycles. The van der Waals surface area contributed by atoms with Gasteiger partial charge in [0.25, 0.3) is 5.91 Å². The molecule has 5 heteroatoms.